The summed E-state index contributed by atoms with van der Waals surface area (Å²) in [5.41, 5.74) is 0.991. The Morgan fingerprint density at radius 3 is 2.67 bits per heavy atom. The summed E-state index contributed by atoms with van der Waals surface area (Å²) in [6.45, 7) is 0.518. The van der Waals surface area contributed by atoms with Gasteiger partial charge in [-0.3, -0.25) is 4.79 Å². The second-order valence-electron chi connectivity index (χ2n) is 6.07. The Bertz CT molecular complexity index is 1040. The Kier molecular flexibility index (Phi) is 3.94. The molecule has 2 aromatic heterocycles. The smallest absolute Gasteiger partial charge is 0.356 e. The van der Waals surface area contributed by atoms with E-state index in [1.165, 1.54) is 6.20 Å². The van der Waals surface area contributed by atoms with Crippen LogP contribution >= 0.6 is 0 Å². The van der Waals surface area contributed by atoms with Crippen molar-refractivity contribution in [3.05, 3.63) is 59.2 Å². The van der Waals surface area contributed by atoms with Gasteiger partial charge in [0.1, 0.15) is 5.82 Å². The molecule has 0 saturated heterocycles. The minimum absolute atomic E-state index is 0.0467. The highest BCUT2D eigenvalue weighted by molar-refractivity contribution is 5.97. The third-order valence-electron chi connectivity index (χ3n) is 4.22. The molecule has 27 heavy (non-hydrogen) atoms. The van der Waals surface area contributed by atoms with Crippen LogP contribution in [-0.2, 0) is 12.6 Å². The molecule has 0 radical (unpaired) electrons. The minimum Gasteiger partial charge on any atom is -0.356 e. The van der Waals surface area contributed by atoms with E-state index in [2.05, 4.69) is 20.3 Å². The zero-order valence-corrected chi connectivity index (χ0v) is 13.7. The van der Waals surface area contributed by atoms with Crippen molar-refractivity contribution in [1.82, 2.24) is 20.3 Å². The molecule has 0 unspecified atom stereocenters. The molecular formula is C18H12F4N4O. The number of nitrogens with zero attached hydrogens (tertiary/aromatic N) is 2. The van der Waals surface area contributed by atoms with Crippen molar-refractivity contribution in [3.63, 3.8) is 0 Å². The summed E-state index contributed by atoms with van der Waals surface area (Å²) >= 11 is 0. The predicted molar refractivity (Wildman–Crippen MR) is 88.3 cm³/mol. The second kappa shape index (κ2) is 6.19. The van der Waals surface area contributed by atoms with Crippen molar-refractivity contribution in [1.29, 1.82) is 0 Å². The first-order valence-corrected chi connectivity index (χ1v) is 8.03. The number of aromatic nitrogens is 3. The quantitative estimate of drug-likeness (QED) is 0.672. The molecule has 2 N–H and O–H groups in total. The van der Waals surface area contributed by atoms with Crippen molar-refractivity contribution in [2.75, 3.05) is 6.54 Å². The van der Waals surface area contributed by atoms with Crippen molar-refractivity contribution >= 4 is 5.91 Å². The first kappa shape index (κ1) is 17.2. The number of H-pyrrole nitrogens is 1. The highest BCUT2D eigenvalue weighted by Crippen LogP contribution is 2.33. The highest BCUT2D eigenvalue weighted by atomic mass is 19.4. The van der Waals surface area contributed by atoms with Gasteiger partial charge < -0.3 is 10.3 Å². The first-order chi connectivity index (χ1) is 12.8. The normalized spacial score (nSPS) is 14.0. The van der Waals surface area contributed by atoms with Crippen LogP contribution in [0.15, 0.2) is 36.5 Å². The molecule has 0 aliphatic carbocycles. The maximum absolute atomic E-state index is 13.7. The molecule has 0 bridgehead atoms. The van der Waals surface area contributed by atoms with Crippen LogP contribution in [0, 0.1) is 5.82 Å². The average Bonchev–Trinajstić information content (AvgIpc) is 3.06. The van der Waals surface area contributed by atoms with E-state index in [0.717, 1.165) is 17.8 Å². The molecule has 1 aliphatic rings. The molecule has 3 heterocycles. The number of carbonyl (C=O) groups is 1. The summed E-state index contributed by atoms with van der Waals surface area (Å²) in [5.74, 6) is -1.27. The Hall–Kier alpha value is -3.23. The zero-order chi connectivity index (χ0) is 19.2. The fraction of sp³-hybridized carbons (Fsp3) is 0.167. The molecule has 0 fully saturated rings. The summed E-state index contributed by atoms with van der Waals surface area (Å²) in [4.78, 5) is 23.2. The van der Waals surface area contributed by atoms with Crippen LogP contribution in [0.4, 0.5) is 17.6 Å². The van der Waals surface area contributed by atoms with Crippen LogP contribution in [0.5, 0.6) is 0 Å². The van der Waals surface area contributed by atoms with Gasteiger partial charge in [0, 0.05) is 30.4 Å². The Morgan fingerprint density at radius 2 is 1.93 bits per heavy atom. The average molecular weight is 376 g/mol. The molecule has 1 aliphatic heterocycles. The van der Waals surface area contributed by atoms with Crippen LogP contribution in [0.25, 0.3) is 22.8 Å². The number of aromatic amines is 1. The van der Waals surface area contributed by atoms with Crippen molar-refractivity contribution < 1.29 is 22.4 Å². The molecule has 1 amide bonds. The Morgan fingerprint density at radius 1 is 1.11 bits per heavy atom. The van der Waals surface area contributed by atoms with Gasteiger partial charge >= 0.3 is 6.18 Å². The molecule has 0 spiro atoms. The lowest BCUT2D eigenvalue weighted by Gasteiger charge is -2.11. The van der Waals surface area contributed by atoms with E-state index in [1.54, 1.807) is 12.1 Å². The lowest BCUT2D eigenvalue weighted by Crippen LogP contribution is -2.31. The molecule has 0 saturated carbocycles. The summed E-state index contributed by atoms with van der Waals surface area (Å²) < 4.78 is 52.4. The van der Waals surface area contributed by atoms with Crippen molar-refractivity contribution in [2.45, 2.75) is 12.6 Å². The molecule has 9 heteroatoms. The monoisotopic (exact) mass is 376 g/mol. The number of nitrogens with one attached hydrogen (secondary N) is 2. The van der Waals surface area contributed by atoms with E-state index in [9.17, 15) is 22.4 Å². The summed E-state index contributed by atoms with van der Waals surface area (Å²) in [6.07, 6.45) is -2.67. The number of hydrogen-bond donors (Lipinski definition) is 2. The number of hydrogen-bond acceptors (Lipinski definition) is 3. The number of rotatable bonds is 2. The van der Waals surface area contributed by atoms with E-state index < -0.39 is 17.6 Å². The molecule has 3 aromatic rings. The van der Waals surface area contributed by atoms with Gasteiger partial charge in [-0.25, -0.2) is 14.4 Å². The Labute approximate surface area is 150 Å². The largest absolute Gasteiger partial charge is 0.416 e. The van der Waals surface area contributed by atoms with E-state index in [0.29, 0.717) is 36.0 Å². The second-order valence-corrected chi connectivity index (χ2v) is 6.07. The first-order valence-electron chi connectivity index (χ1n) is 8.03. The number of carbonyl (C=O) groups excluding carboxylic acids is 1. The van der Waals surface area contributed by atoms with E-state index in [4.69, 9.17) is 0 Å². The van der Waals surface area contributed by atoms with Crippen LogP contribution in [0.2, 0.25) is 0 Å². The summed E-state index contributed by atoms with van der Waals surface area (Å²) in [7, 11) is 0. The van der Waals surface area contributed by atoms with Gasteiger partial charge in [-0.1, -0.05) is 0 Å². The van der Waals surface area contributed by atoms with Gasteiger partial charge in [-0.05, 0) is 30.3 Å². The van der Waals surface area contributed by atoms with Crippen molar-refractivity contribution in [3.8, 4) is 22.8 Å². The summed E-state index contributed by atoms with van der Waals surface area (Å²) in [6, 6.07) is 5.35. The van der Waals surface area contributed by atoms with E-state index in [-0.39, 0.29) is 17.3 Å². The molecule has 4 rings (SSSR count). The molecule has 1 aromatic carbocycles. The minimum atomic E-state index is -4.68. The molecule has 138 valence electrons. The zero-order valence-electron chi connectivity index (χ0n) is 13.7. The van der Waals surface area contributed by atoms with Gasteiger partial charge in [-0.15, -0.1) is 0 Å². The highest BCUT2D eigenvalue weighted by Gasteiger charge is 2.31. The maximum Gasteiger partial charge on any atom is 0.416 e. The topological polar surface area (TPSA) is 70.7 Å². The fourth-order valence-electron chi connectivity index (χ4n) is 2.96. The number of fused-ring (bicyclic) bond motifs is 1. The molecule has 0 atom stereocenters. The standard InChI is InChI=1S/C18H12F4N4O/c19-11-6-9(5-10(7-11)18(20,21)22)16-23-3-2-14(26-16)15-8-12-13(25-15)1-4-24-17(12)27/h2-3,5-8,25H,1,4H2,(H,24,27). The third kappa shape index (κ3) is 3.27. The van der Waals surface area contributed by atoms with E-state index >= 15 is 0 Å². The van der Waals surface area contributed by atoms with Gasteiger partial charge in [0.05, 0.1) is 22.5 Å². The third-order valence-corrected chi connectivity index (χ3v) is 4.22. The lowest BCUT2D eigenvalue weighted by atomic mass is 10.1. The number of halogens is 4. The number of benzene rings is 1. The van der Waals surface area contributed by atoms with Crippen LogP contribution < -0.4 is 5.32 Å². The predicted octanol–water partition coefficient (Wildman–Crippen LogP) is 3.58. The SMILES string of the molecule is O=C1NCCc2[nH]c(-c3ccnc(-c4cc(F)cc(C(F)(F)F)c4)n3)cc21. The molecule has 5 nitrogen and oxygen atoms in total. The lowest BCUT2D eigenvalue weighted by molar-refractivity contribution is -0.137. The van der Waals surface area contributed by atoms with E-state index in [1.807, 2.05) is 0 Å². The van der Waals surface area contributed by atoms with Gasteiger partial charge in [-0.2, -0.15) is 13.2 Å². The molecular weight excluding hydrogens is 364 g/mol. The summed E-state index contributed by atoms with van der Waals surface area (Å²) in [5, 5.41) is 2.73. The van der Waals surface area contributed by atoms with Gasteiger partial charge in [0.25, 0.3) is 5.91 Å². The number of alkyl halides is 3. The van der Waals surface area contributed by atoms with Crippen LogP contribution in [0.1, 0.15) is 21.6 Å². The van der Waals surface area contributed by atoms with Crippen LogP contribution in [0.3, 0.4) is 0 Å². The van der Waals surface area contributed by atoms with Gasteiger partial charge in [0.2, 0.25) is 0 Å². The number of amides is 1. The van der Waals surface area contributed by atoms with Gasteiger partial charge in [0.15, 0.2) is 5.82 Å². The van der Waals surface area contributed by atoms with Crippen molar-refractivity contribution in [2.24, 2.45) is 0 Å². The van der Waals surface area contributed by atoms with Crippen LogP contribution in [-0.4, -0.2) is 27.4 Å². The Balaban J connectivity index is 1.76. The fourth-order valence-corrected chi connectivity index (χ4v) is 2.96. The maximum atomic E-state index is 13.7.